The predicted octanol–water partition coefficient (Wildman–Crippen LogP) is 3.92. The molecule has 1 atom stereocenters. The molecule has 1 unspecified atom stereocenters. The highest BCUT2D eigenvalue weighted by Gasteiger charge is 2.33. The van der Waals surface area contributed by atoms with Gasteiger partial charge in [-0.3, -0.25) is 19.3 Å². The number of nitrogens with one attached hydrogen (secondary N) is 1. The summed E-state index contributed by atoms with van der Waals surface area (Å²) in [6, 6.07) is 15.1. The Morgan fingerprint density at radius 3 is 2.73 bits per heavy atom. The van der Waals surface area contributed by atoms with Crippen LogP contribution in [0.3, 0.4) is 0 Å². The number of nitrogens with zero attached hydrogens (tertiary/aromatic N) is 3. The van der Waals surface area contributed by atoms with Gasteiger partial charge in [0.2, 0.25) is 5.91 Å². The predicted molar refractivity (Wildman–Crippen MR) is 125 cm³/mol. The molecule has 3 heterocycles. The molecule has 3 amide bonds. The Labute approximate surface area is 196 Å². The Hall–Kier alpha value is -3.71. The van der Waals surface area contributed by atoms with Gasteiger partial charge in [-0.2, -0.15) is 0 Å². The first-order valence-electron chi connectivity index (χ1n) is 10.7. The van der Waals surface area contributed by atoms with Crippen molar-refractivity contribution in [3.05, 3.63) is 88.1 Å². The Morgan fingerprint density at radius 1 is 1.15 bits per heavy atom. The second kappa shape index (κ2) is 8.33. The summed E-state index contributed by atoms with van der Waals surface area (Å²) in [5.41, 5.74) is 3.23. The average Bonchev–Trinajstić information content (AvgIpc) is 3.23. The highest BCUT2D eigenvalue weighted by atomic mass is 35.5. The highest BCUT2D eigenvalue weighted by molar-refractivity contribution is 6.31. The van der Waals surface area contributed by atoms with Crippen LogP contribution in [0, 0.1) is 0 Å². The van der Waals surface area contributed by atoms with Gasteiger partial charge in [0.1, 0.15) is 11.9 Å². The lowest BCUT2D eigenvalue weighted by atomic mass is 10.1. The number of halogens is 1. The lowest BCUT2D eigenvalue weighted by Crippen LogP contribution is -2.42. The molecule has 5 rings (SSSR count). The van der Waals surface area contributed by atoms with Gasteiger partial charge in [-0.15, -0.1) is 0 Å². The topological polar surface area (TPSA) is 82.6 Å². The summed E-state index contributed by atoms with van der Waals surface area (Å²) in [5, 5.41) is 3.22. The number of carbonyl (C=O) groups is 3. The fraction of sp³-hybridized carbons (Fsp3) is 0.200. The van der Waals surface area contributed by atoms with Crippen LogP contribution in [-0.2, 0) is 17.8 Å². The SMILES string of the molecule is CC1C(=O)Nc2cc(Cl)ccc2C(=O)N1Cc1ccc(C(=O)N2CCc3cccnc32)cc1. The zero-order valence-corrected chi connectivity index (χ0v) is 18.7. The number of carbonyl (C=O) groups excluding carboxylic acids is 3. The molecule has 3 aromatic rings. The van der Waals surface area contributed by atoms with E-state index in [0.717, 1.165) is 17.5 Å². The van der Waals surface area contributed by atoms with Crippen molar-refractivity contribution in [2.45, 2.75) is 25.9 Å². The molecule has 8 heteroatoms. The van der Waals surface area contributed by atoms with Gasteiger partial charge in [0.15, 0.2) is 0 Å². The van der Waals surface area contributed by atoms with Crippen molar-refractivity contribution < 1.29 is 14.4 Å². The lowest BCUT2D eigenvalue weighted by molar-refractivity contribution is -0.120. The van der Waals surface area contributed by atoms with E-state index in [1.807, 2.05) is 24.3 Å². The number of hydrogen-bond donors (Lipinski definition) is 1. The molecule has 2 aliphatic rings. The first-order chi connectivity index (χ1) is 15.9. The third-order valence-corrected chi connectivity index (χ3v) is 6.34. The van der Waals surface area contributed by atoms with Gasteiger partial charge >= 0.3 is 0 Å². The van der Waals surface area contributed by atoms with Gasteiger partial charge in [0.25, 0.3) is 11.8 Å². The molecule has 0 saturated carbocycles. The largest absolute Gasteiger partial charge is 0.324 e. The van der Waals surface area contributed by atoms with Gasteiger partial charge in [-0.05, 0) is 60.9 Å². The maximum atomic E-state index is 13.2. The minimum Gasteiger partial charge on any atom is -0.324 e. The average molecular weight is 461 g/mol. The van der Waals surface area contributed by atoms with Crippen LogP contribution < -0.4 is 10.2 Å². The van der Waals surface area contributed by atoms with Gasteiger partial charge in [0.05, 0.1) is 11.3 Å². The molecule has 2 aromatic carbocycles. The number of pyridine rings is 1. The van der Waals surface area contributed by atoms with E-state index in [-0.39, 0.29) is 24.3 Å². The maximum absolute atomic E-state index is 13.2. The number of rotatable bonds is 3. The van der Waals surface area contributed by atoms with Crippen LogP contribution in [0.15, 0.2) is 60.8 Å². The maximum Gasteiger partial charge on any atom is 0.259 e. The molecule has 0 spiro atoms. The summed E-state index contributed by atoms with van der Waals surface area (Å²) in [6.45, 7) is 2.53. The summed E-state index contributed by atoms with van der Waals surface area (Å²) in [7, 11) is 0. The first-order valence-corrected chi connectivity index (χ1v) is 11.1. The minimum absolute atomic E-state index is 0.108. The molecule has 0 saturated heterocycles. The van der Waals surface area contributed by atoms with Gasteiger partial charge in [-0.25, -0.2) is 4.98 Å². The number of benzene rings is 2. The standard InChI is InChI=1S/C25H21ClN4O3/c1-15-23(31)28-21-13-19(26)8-9-20(21)25(33)30(15)14-16-4-6-18(7-5-16)24(32)29-12-10-17-3-2-11-27-22(17)29/h2-9,11,13,15H,10,12,14H2,1H3,(H,28,31). The second-order valence-corrected chi connectivity index (χ2v) is 8.61. The molecule has 0 aliphatic carbocycles. The van der Waals surface area contributed by atoms with Crippen molar-refractivity contribution in [1.29, 1.82) is 0 Å². The van der Waals surface area contributed by atoms with Gasteiger partial charge in [-0.1, -0.05) is 29.8 Å². The van der Waals surface area contributed by atoms with E-state index in [4.69, 9.17) is 11.6 Å². The van der Waals surface area contributed by atoms with E-state index in [0.29, 0.717) is 34.2 Å². The van der Waals surface area contributed by atoms with Crippen LogP contribution in [-0.4, -0.2) is 40.2 Å². The minimum atomic E-state index is -0.669. The molecule has 0 radical (unpaired) electrons. The Morgan fingerprint density at radius 2 is 1.94 bits per heavy atom. The molecule has 2 aliphatic heterocycles. The molecular weight excluding hydrogens is 440 g/mol. The number of amides is 3. The van der Waals surface area contributed by atoms with E-state index in [1.165, 1.54) is 4.90 Å². The molecule has 0 fully saturated rings. The molecule has 7 nitrogen and oxygen atoms in total. The summed E-state index contributed by atoms with van der Waals surface area (Å²) in [6.07, 6.45) is 2.48. The number of fused-ring (bicyclic) bond motifs is 2. The number of aromatic nitrogens is 1. The molecule has 1 aromatic heterocycles. The summed E-state index contributed by atoms with van der Waals surface area (Å²) in [4.78, 5) is 46.4. The molecule has 0 bridgehead atoms. The smallest absolute Gasteiger partial charge is 0.259 e. The summed E-state index contributed by atoms with van der Waals surface area (Å²) < 4.78 is 0. The lowest BCUT2D eigenvalue weighted by Gasteiger charge is -2.26. The Bertz CT molecular complexity index is 1270. The van der Waals surface area contributed by atoms with Crippen molar-refractivity contribution >= 4 is 40.8 Å². The van der Waals surface area contributed by atoms with Crippen LogP contribution in [0.25, 0.3) is 0 Å². The fourth-order valence-corrected chi connectivity index (χ4v) is 4.41. The van der Waals surface area contributed by atoms with Crippen LogP contribution >= 0.6 is 11.6 Å². The molecule has 33 heavy (non-hydrogen) atoms. The third kappa shape index (κ3) is 3.85. The highest BCUT2D eigenvalue weighted by Crippen LogP contribution is 2.29. The first kappa shape index (κ1) is 21.2. The van der Waals surface area contributed by atoms with Crippen molar-refractivity contribution in [1.82, 2.24) is 9.88 Å². The van der Waals surface area contributed by atoms with E-state index in [2.05, 4.69) is 10.3 Å². The normalized spacial score (nSPS) is 17.3. The van der Waals surface area contributed by atoms with E-state index >= 15 is 0 Å². The fourth-order valence-electron chi connectivity index (χ4n) is 4.23. The van der Waals surface area contributed by atoms with Crippen molar-refractivity contribution in [3.8, 4) is 0 Å². The summed E-state index contributed by atoms with van der Waals surface area (Å²) in [5.74, 6) is 0.0625. The van der Waals surface area contributed by atoms with E-state index in [1.54, 1.807) is 48.4 Å². The zero-order valence-electron chi connectivity index (χ0n) is 17.9. The Kier molecular flexibility index (Phi) is 5.34. The quantitative estimate of drug-likeness (QED) is 0.642. The monoisotopic (exact) mass is 460 g/mol. The third-order valence-electron chi connectivity index (χ3n) is 6.10. The number of hydrogen-bond acceptors (Lipinski definition) is 4. The van der Waals surface area contributed by atoms with Crippen LogP contribution in [0.1, 0.15) is 38.8 Å². The molecule has 1 N–H and O–H groups in total. The van der Waals surface area contributed by atoms with E-state index < -0.39 is 6.04 Å². The van der Waals surface area contributed by atoms with Gasteiger partial charge in [0, 0.05) is 29.9 Å². The Balaban J connectivity index is 1.36. The van der Waals surface area contributed by atoms with Crippen molar-refractivity contribution in [2.75, 3.05) is 16.8 Å². The van der Waals surface area contributed by atoms with Crippen LogP contribution in [0.5, 0.6) is 0 Å². The zero-order chi connectivity index (χ0) is 23.1. The summed E-state index contributed by atoms with van der Waals surface area (Å²) >= 11 is 6.03. The van der Waals surface area contributed by atoms with Gasteiger partial charge < -0.3 is 10.2 Å². The number of anilines is 2. The van der Waals surface area contributed by atoms with E-state index in [9.17, 15) is 14.4 Å². The second-order valence-electron chi connectivity index (χ2n) is 8.18. The van der Waals surface area contributed by atoms with Crippen molar-refractivity contribution in [2.24, 2.45) is 0 Å². The molecular formula is C25H21ClN4O3. The van der Waals surface area contributed by atoms with Crippen molar-refractivity contribution in [3.63, 3.8) is 0 Å². The molecule has 166 valence electrons. The van der Waals surface area contributed by atoms with Crippen LogP contribution in [0.2, 0.25) is 5.02 Å². The van der Waals surface area contributed by atoms with Crippen LogP contribution in [0.4, 0.5) is 11.5 Å².